The van der Waals surface area contributed by atoms with E-state index in [0.29, 0.717) is 18.6 Å². The summed E-state index contributed by atoms with van der Waals surface area (Å²) >= 11 is 0. The van der Waals surface area contributed by atoms with Crippen molar-refractivity contribution in [3.05, 3.63) is 35.8 Å². The van der Waals surface area contributed by atoms with Crippen LogP contribution in [0, 0.1) is 5.82 Å². The normalized spacial score (nSPS) is 11.0. The maximum absolute atomic E-state index is 13.4. The number of para-hydroxylation sites is 1. The van der Waals surface area contributed by atoms with Crippen LogP contribution in [-0.4, -0.2) is 19.0 Å². The van der Waals surface area contributed by atoms with Crippen LogP contribution in [0.3, 0.4) is 0 Å². The smallest absolute Gasteiger partial charge is 0.200 e. The van der Waals surface area contributed by atoms with Gasteiger partial charge in [0.2, 0.25) is 0 Å². The van der Waals surface area contributed by atoms with E-state index in [-0.39, 0.29) is 23.5 Å². The van der Waals surface area contributed by atoms with Gasteiger partial charge in [-0.25, -0.2) is 4.39 Å². The van der Waals surface area contributed by atoms with Gasteiger partial charge < -0.3 is 9.15 Å². The molecule has 0 bridgehead atoms. The second-order valence-electron chi connectivity index (χ2n) is 4.05. The molecule has 2 aromatic rings. The Hall–Kier alpha value is -1.68. The average molecular weight is 250 g/mol. The Labute approximate surface area is 105 Å². The molecule has 0 N–H and O–H groups in total. The molecule has 0 unspecified atom stereocenters. The van der Waals surface area contributed by atoms with E-state index in [1.54, 1.807) is 18.2 Å². The van der Waals surface area contributed by atoms with Crippen molar-refractivity contribution in [2.75, 3.05) is 13.2 Å². The Morgan fingerprint density at radius 1 is 1.39 bits per heavy atom. The molecule has 3 nitrogen and oxygen atoms in total. The van der Waals surface area contributed by atoms with Gasteiger partial charge in [0.15, 0.2) is 22.9 Å². The number of carbonyl (C=O) groups is 1. The van der Waals surface area contributed by atoms with E-state index in [1.807, 2.05) is 6.92 Å². The second kappa shape index (κ2) is 5.78. The highest BCUT2D eigenvalue weighted by molar-refractivity contribution is 5.97. The highest BCUT2D eigenvalue weighted by Crippen LogP contribution is 2.22. The molecule has 4 heteroatoms. The lowest BCUT2D eigenvalue weighted by Crippen LogP contribution is -2.04. The summed E-state index contributed by atoms with van der Waals surface area (Å²) in [6, 6.07) is 6.18. The van der Waals surface area contributed by atoms with E-state index in [1.165, 1.54) is 6.07 Å². The maximum atomic E-state index is 13.4. The molecular weight excluding hydrogens is 235 g/mol. The minimum absolute atomic E-state index is 0.135. The molecule has 0 saturated heterocycles. The van der Waals surface area contributed by atoms with Crippen molar-refractivity contribution in [2.24, 2.45) is 0 Å². The molecule has 0 amide bonds. The third-order valence-corrected chi connectivity index (χ3v) is 2.59. The molecule has 1 aromatic carbocycles. The first-order valence-corrected chi connectivity index (χ1v) is 6.01. The van der Waals surface area contributed by atoms with Crippen molar-refractivity contribution in [3.63, 3.8) is 0 Å². The number of benzene rings is 1. The topological polar surface area (TPSA) is 39.4 Å². The summed E-state index contributed by atoms with van der Waals surface area (Å²) in [5.74, 6) is -0.425. The molecule has 18 heavy (non-hydrogen) atoms. The number of Topliss-reactive ketones (excluding diaryl/α,β-unsaturated/α-hetero) is 1. The highest BCUT2D eigenvalue weighted by Gasteiger charge is 2.14. The predicted octanol–water partition coefficient (Wildman–Crippen LogP) is 3.57. The molecule has 1 aromatic heterocycles. The molecule has 0 saturated carbocycles. The Balaban J connectivity index is 2.06. The van der Waals surface area contributed by atoms with Crippen molar-refractivity contribution < 1.29 is 18.3 Å². The van der Waals surface area contributed by atoms with Crippen LogP contribution in [0.1, 0.15) is 30.3 Å². The molecule has 0 spiro atoms. The van der Waals surface area contributed by atoms with Gasteiger partial charge in [-0.3, -0.25) is 4.79 Å². The first kappa shape index (κ1) is 12.8. The number of ether oxygens (including phenoxy) is 1. The molecule has 1 heterocycles. The van der Waals surface area contributed by atoms with Gasteiger partial charge in [-0.1, -0.05) is 19.1 Å². The van der Waals surface area contributed by atoms with Crippen LogP contribution >= 0.6 is 0 Å². The standard InChI is InChI=1S/C14H15FO3/c1-2-7-17-8-6-12(16)13-9-10-4-3-5-11(15)14(10)18-13/h3-5,9H,2,6-8H2,1H3. The summed E-state index contributed by atoms with van der Waals surface area (Å²) in [5.41, 5.74) is 0.135. The number of furan rings is 1. The highest BCUT2D eigenvalue weighted by atomic mass is 19.1. The zero-order valence-electron chi connectivity index (χ0n) is 10.2. The van der Waals surface area contributed by atoms with Gasteiger partial charge in [0.05, 0.1) is 6.61 Å². The molecule has 0 aliphatic rings. The zero-order chi connectivity index (χ0) is 13.0. The number of hydrogen-bond acceptors (Lipinski definition) is 3. The van der Waals surface area contributed by atoms with Gasteiger partial charge in [0.1, 0.15) is 0 Å². The van der Waals surface area contributed by atoms with Gasteiger partial charge in [0, 0.05) is 18.4 Å². The Kier molecular flexibility index (Phi) is 4.10. The summed E-state index contributed by atoms with van der Waals surface area (Å²) in [6.45, 7) is 3.01. The van der Waals surface area contributed by atoms with Gasteiger partial charge >= 0.3 is 0 Å². The fourth-order valence-corrected chi connectivity index (χ4v) is 1.70. The molecule has 0 radical (unpaired) electrons. The molecule has 0 atom stereocenters. The lowest BCUT2D eigenvalue weighted by molar-refractivity contribution is 0.0855. The van der Waals surface area contributed by atoms with Crippen molar-refractivity contribution >= 4 is 16.8 Å². The van der Waals surface area contributed by atoms with E-state index < -0.39 is 5.82 Å². The van der Waals surface area contributed by atoms with Gasteiger partial charge in [-0.05, 0) is 18.6 Å². The van der Waals surface area contributed by atoms with Crippen LogP contribution < -0.4 is 0 Å². The Morgan fingerprint density at radius 2 is 2.22 bits per heavy atom. The van der Waals surface area contributed by atoms with E-state index in [0.717, 1.165) is 6.42 Å². The molecule has 96 valence electrons. The van der Waals surface area contributed by atoms with Crippen LogP contribution in [0.15, 0.2) is 28.7 Å². The van der Waals surface area contributed by atoms with Crippen LogP contribution in [-0.2, 0) is 4.74 Å². The van der Waals surface area contributed by atoms with Crippen molar-refractivity contribution in [2.45, 2.75) is 19.8 Å². The fraction of sp³-hybridized carbons (Fsp3) is 0.357. The second-order valence-corrected chi connectivity index (χ2v) is 4.05. The minimum Gasteiger partial charge on any atom is -0.450 e. The SMILES string of the molecule is CCCOCCC(=O)c1cc2cccc(F)c2o1. The van der Waals surface area contributed by atoms with E-state index in [4.69, 9.17) is 9.15 Å². The van der Waals surface area contributed by atoms with Crippen molar-refractivity contribution in [1.29, 1.82) is 0 Å². The zero-order valence-corrected chi connectivity index (χ0v) is 10.2. The summed E-state index contributed by atoms with van der Waals surface area (Å²) < 4.78 is 23.9. The number of ketones is 1. The number of fused-ring (bicyclic) bond motifs is 1. The van der Waals surface area contributed by atoms with Crippen molar-refractivity contribution in [1.82, 2.24) is 0 Å². The minimum atomic E-state index is -0.450. The third-order valence-electron chi connectivity index (χ3n) is 2.59. The van der Waals surface area contributed by atoms with Crippen LogP contribution in [0.4, 0.5) is 4.39 Å². The first-order chi connectivity index (χ1) is 8.72. The lowest BCUT2D eigenvalue weighted by Gasteiger charge is -1.99. The van der Waals surface area contributed by atoms with Crippen LogP contribution in [0.25, 0.3) is 11.0 Å². The number of halogens is 1. The van der Waals surface area contributed by atoms with Gasteiger partial charge in [-0.15, -0.1) is 0 Å². The van der Waals surface area contributed by atoms with Crippen molar-refractivity contribution in [3.8, 4) is 0 Å². The Morgan fingerprint density at radius 3 is 2.94 bits per heavy atom. The average Bonchev–Trinajstić information content (AvgIpc) is 2.80. The van der Waals surface area contributed by atoms with E-state index in [9.17, 15) is 9.18 Å². The van der Waals surface area contributed by atoms with E-state index >= 15 is 0 Å². The molecule has 0 aliphatic carbocycles. The lowest BCUT2D eigenvalue weighted by atomic mass is 10.2. The summed E-state index contributed by atoms with van der Waals surface area (Å²) in [5, 5.41) is 0.604. The third kappa shape index (κ3) is 2.76. The predicted molar refractivity (Wildman–Crippen MR) is 66.2 cm³/mol. The number of rotatable bonds is 6. The monoisotopic (exact) mass is 250 g/mol. The van der Waals surface area contributed by atoms with Crippen LogP contribution in [0.5, 0.6) is 0 Å². The quantitative estimate of drug-likeness (QED) is 0.581. The molecular formula is C14H15FO3. The molecule has 2 rings (SSSR count). The molecule has 0 aliphatic heterocycles. The molecule has 0 fully saturated rings. The largest absolute Gasteiger partial charge is 0.450 e. The maximum Gasteiger partial charge on any atom is 0.200 e. The summed E-state index contributed by atoms with van der Waals surface area (Å²) in [4.78, 5) is 11.8. The van der Waals surface area contributed by atoms with Crippen LogP contribution in [0.2, 0.25) is 0 Å². The van der Waals surface area contributed by atoms with Gasteiger partial charge in [0.25, 0.3) is 0 Å². The fourth-order valence-electron chi connectivity index (χ4n) is 1.70. The Bertz CT molecular complexity index is 545. The van der Waals surface area contributed by atoms with Gasteiger partial charge in [-0.2, -0.15) is 0 Å². The number of carbonyl (C=O) groups excluding carboxylic acids is 1. The summed E-state index contributed by atoms with van der Waals surface area (Å²) in [6.07, 6.45) is 1.17. The van der Waals surface area contributed by atoms with E-state index in [2.05, 4.69) is 0 Å². The number of hydrogen-bond donors (Lipinski definition) is 0. The summed E-state index contributed by atoms with van der Waals surface area (Å²) in [7, 11) is 0. The first-order valence-electron chi connectivity index (χ1n) is 6.01.